The Morgan fingerprint density at radius 3 is 2.40 bits per heavy atom. The molecule has 2 rings (SSSR count). The molecule has 7 heteroatoms. The van der Waals surface area contributed by atoms with E-state index in [0.717, 1.165) is 5.56 Å². The highest BCUT2D eigenvalue weighted by Crippen LogP contribution is 2.13. The zero-order valence-electron chi connectivity index (χ0n) is 13.6. The molecule has 0 aliphatic carbocycles. The van der Waals surface area contributed by atoms with Crippen molar-refractivity contribution >= 4 is 15.7 Å². The molecule has 0 aromatic heterocycles. The summed E-state index contributed by atoms with van der Waals surface area (Å²) in [5.74, 6) is -0.853. The lowest BCUT2D eigenvalue weighted by Gasteiger charge is -2.07. The van der Waals surface area contributed by atoms with Crippen LogP contribution in [0.1, 0.15) is 17.5 Å². The molecule has 25 heavy (non-hydrogen) atoms. The van der Waals surface area contributed by atoms with Crippen LogP contribution in [0.3, 0.4) is 0 Å². The van der Waals surface area contributed by atoms with Crippen LogP contribution in [0.25, 0.3) is 0 Å². The third-order valence-electron chi connectivity index (χ3n) is 3.71. The lowest BCUT2D eigenvalue weighted by molar-refractivity contribution is -0.121. The second-order valence-corrected chi connectivity index (χ2v) is 7.66. The predicted molar refractivity (Wildman–Crippen MR) is 92.1 cm³/mol. The lowest BCUT2D eigenvalue weighted by Crippen LogP contribution is -2.23. The van der Waals surface area contributed by atoms with E-state index in [4.69, 9.17) is 5.11 Å². The number of rotatable bonds is 8. The lowest BCUT2D eigenvalue weighted by atomic mass is 10.1. The summed E-state index contributed by atoms with van der Waals surface area (Å²) in [5.41, 5.74) is 1.25. The standard InChI is InChI=1S/C18H20FNO4S/c19-17-4-2-1-3-15(17)7-10-18(22)20-13-14-5-8-16(9-6-14)25(23,24)12-11-21/h1-6,8-9,21H,7,10-13H2,(H,20,22). The van der Waals surface area contributed by atoms with Crippen molar-refractivity contribution in [2.24, 2.45) is 0 Å². The van der Waals surface area contributed by atoms with Gasteiger partial charge in [-0.25, -0.2) is 12.8 Å². The van der Waals surface area contributed by atoms with Crippen LogP contribution in [-0.2, 0) is 27.6 Å². The molecule has 0 heterocycles. The SMILES string of the molecule is O=C(CCc1ccccc1F)NCc1ccc(S(=O)(=O)CCO)cc1. The minimum Gasteiger partial charge on any atom is -0.395 e. The average molecular weight is 365 g/mol. The number of halogens is 1. The Balaban J connectivity index is 1.85. The molecular formula is C18H20FNO4S. The largest absolute Gasteiger partial charge is 0.395 e. The van der Waals surface area contributed by atoms with E-state index in [9.17, 15) is 17.6 Å². The number of carbonyl (C=O) groups excluding carboxylic acids is 1. The third kappa shape index (κ3) is 5.65. The minimum absolute atomic E-state index is 0.135. The number of amides is 1. The van der Waals surface area contributed by atoms with E-state index >= 15 is 0 Å². The van der Waals surface area contributed by atoms with Crippen molar-refractivity contribution < 1.29 is 22.7 Å². The number of aliphatic hydroxyl groups excluding tert-OH is 1. The molecule has 5 nitrogen and oxygen atoms in total. The maximum absolute atomic E-state index is 13.5. The Bertz CT molecular complexity index is 819. The highest BCUT2D eigenvalue weighted by Gasteiger charge is 2.13. The normalized spacial score (nSPS) is 11.3. The second kappa shape index (κ2) is 8.73. The molecule has 2 N–H and O–H groups in total. The molecule has 134 valence electrons. The molecule has 0 atom stereocenters. The molecule has 0 spiro atoms. The Hall–Kier alpha value is -2.25. The molecule has 0 bridgehead atoms. The van der Waals surface area contributed by atoms with E-state index in [1.807, 2.05) is 0 Å². The fourth-order valence-corrected chi connectivity index (χ4v) is 3.32. The molecule has 2 aromatic rings. The maximum Gasteiger partial charge on any atom is 0.220 e. The first-order chi connectivity index (χ1) is 11.9. The molecule has 0 aliphatic rings. The van der Waals surface area contributed by atoms with Crippen molar-refractivity contribution in [1.82, 2.24) is 5.32 Å². The number of nitrogens with one attached hydrogen (secondary N) is 1. The van der Waals surface area contributed by atoms with E-state index in [2.05, 4.69) is 5.32 Å². The van der Waals surface area contributed by atoms with Gasteiger partial charge in [-0.2, -0.15) is 0 Å². The van der Waals surface area contributed by atoms with Gasteiger partial charge in [0.1, 0.15) is 5.82 Å². The number of hydrogen-bond acceptors (Lipinski definition) is 4. The van der Waals surface area contributed by atoms with Crippen LogP contribution in [-0.4, -0.2) is 31.8 Å². The first kappa shape index (κ1) is 19.1. The van der Waals surface area contributed by atoms with Crippen molar-refractivity contribution in [1.29, 1.82) is 0 Å². The van der Waals surface area contributed by atoms with Crippen molar-refractivity contribution in [3.63, 3.8) is 0 Å². The van der Waals surface area contributed by atoms with Crippen molar-refractivity contribution in [3.05, 3.63) is 65.5 Å². The Labute approximate surface area is 146 Å². The summed E-state index contributed by atoms with van der Waals surface area (Å²) in [6.07, 6.45) is 0.487. The zero-order chi connectivity index (χ0) is 18.3. The summed E-state index contributed by atoms with van der Waals surface area (Å²) in [6, 6.07) is 12.5. The van der Waals surface area contributed by atoms with E-state index in [-0.39, 0.29) is 35.3 Å². The molecule has 0 aliphatic heterocycles. The van der Waals surface area contributed by atoms with E-state index in [1.165, 1.54) is 18.2 Å². The predicted octanol–water partition coefficient (Wildman–Crippen LogP) is 1.84. The molecule has 0 saturated carbocycles. The van der Waals surface area contributed by atoms with Crippen LogP contribution in [0.4, 0.5) is 4.39 Å². The van der Waals surface area contributed by atoms with Crippen LogP contribution < -0.4 is 5.32 Å². The summed E-state index contributed by atoms with van der Waals surface area (Å²) in [4.78, 5) is 12.0. The van der Waals surface area contributed by atoms with Gasteiger partial charge in [-0.15, -0.1) is 0 Å². The fourth-order valence-electron chi connectivity index (χ4n) is 2.29. The van der Waals surface area contributed by atoms with Crippen LogP contribution >= 0.6 is 0 Å². The highest BCUT2D eigenvalue weighted by atomic mass is 32.2. The topological polar surface area (TPSA) is 83.5 Å². The van der Waals surface area contributed by atoms with E-state index < -0.39 is 16.4 Å². The van der Waals surface area contributed by atoms with E-state index in [0.29, 0.717) is 12.0 Å². The quantitative estimate of drug-likeness (QED) is 0.748. The van der Waals surface area contributed by atoms with Crippen molar-refractivity contribution in [2.45, 2.75) is 24.3 Å². The number of aliphatic hydroxyl groups is 1. The maximum atomic E-state index is 13.5. The summed E-state index contributed by atoms with van der Waals surface area (Å²) >= 11 is 0. The van der Waals surface area contributed by atoms with Gasteiger partial charge < -0.3 is 10.4 Å². The van der Waals surface area contributed by atoms with Gasteiger partial charge in [-0.3, -0.25) is 4.79 Å². The molecule has 1 amide bonds. The molecule has 2 aromatic carbocycles. The molecule has 0 radical (unpaired) electrons. The summed E-state index contributed by atoms with van der Waals surface area (Å²) in [5, 5.41) is 11.5. The van der Waals surface area contributed by atoms with Crippen LogP contribution in [0.2, 0.25) is 0 Å². The Morgan fingerprint density at radius 2 is 1.76 bits per heavy atom. The number of sulfone groups is 1. The van der Waals surface area contributed by atoms with E-state index in [1.54, 1.807) is 30.3 Å². The first-order valence-corrected chi connectivity index (χ1v) is 9.50. The number of hydrogen-bond donors (Lipinski definition) is 2. The van der Waals surface area contributed by atoms with Gasteiger partial charge in [-0.05, 0) is 35.7 Å². The van der Waals surface area contributed by atoms with Crippen LogP contribution in [0.5, 0.6) is 0 Å². The van der Waals surface area contributed by atoms with Gasteiger partial charge in [0.15, 0.2) is 9.84 Å². The monoisotopic (exact) mass is 365 g/mol. The summed E-state index contributed by atoms with van der Waals surface area (Å²) < 4.78 is 37.1. The van der Waals surface area contributed by atoms with Gasteiger partial charge >= 0.3 is 0 Å². The molecule has 0 saturated heterocycles. The molecule has 0 fully saturated rings. The zero-order valence-corrected chi connectivity index (χ0v) is 14.4. The van der Waals surface area contributed by atoms with Gasteiger partial charge in [0.25, 0.3) is 0 Å². The Morgan fingerprint density at radius 1 is 1.08 bits per heavy atom. The summed E-state index contributed by atoms with van der Waals surface area (Å²) in [6.45, 7) is -0.168. The van der Waals surface area contributed by atoms with Gasteiger partial charge in [0.05, 0.1) is 17.3 Å². The van der Waals surface area contributed by atoms with Crippen molar-refractivity contribution in [2.75, 3.05) is 12.4 Å². The average Bonchev–Trinajstić information content (AvgIpc) is 2.59. The van der Waals surface area contributed by atoms with Crippen LogP contribution in [0, 0.1) is 5.82 Å². The van der Waals surface area contributed by atoms with Gasteiger partial charge in [0.2, 0.25) is 5.91 Å². The van der Waals surface area contributed by atoms with Gasteiger partial charge in [-0.1, -0.05) is 30.3 Å². The smallest absolute Gasteiger partial charge is 0.220 e. The highest BCUT2D eigenvalue weighted by molar-refractivity contribution is 7.91. The van der Waals surface area contributed by atoms with Crippen molar-refractivity contribution in [3.8, 4) is 0 Å². The number of benzene rings is 2. The minimum atomic E-state index is -3.47. The third-order valence-corrected chi connectivity index (χ3v) is 5.42. The summed E-state index contributed by atoms with van der Waals surface area (Å²) in [7, 11) is -3.47. The second-order valence-electron chi connectivity index (χ2n) is 5.55. The number of aryl methyl sites for hydroxylation is 1. The fraction of sp³-hybridized carbons (Fsp3) is 0.278. The number of carbonyl (C=O) groups is 1. The molecule has 0 unspecified atom stereocenters. The molecular weight excluding hydrogens is 345 g/mol. The Kier molecular flexibility index (Phi) is 6.66. The first-order valence-electron chi connectivity index (χ1n) is 7.85. The van der Waals surface area contributed by atoms with Gasteiger partial charge in [0, 0.05) is 13.0 Å². The van der Waals surface area contributed by atoms with Crippen LogP contribution in [0.15, 0.2) is 53.4 Å².